The number of rotatable bonds is 50. The number of hydrogen-bond acceptors (Lipinski definition) is 26. The molecule has 12 atom stereocenters. The highest BCUT2D eigenvalue weighted by Crippen LogP contribution is 2.28. The van der Waals surface area contributed by atoms with Crippen molar-refractivity contribution < 1.29 is 124 Å². The Morgan fingerprint density at radius 3 is 1.74 bits per heavy atom. The van der Waals surface area contributed by atoms with Crippen molar-refractivity contribution in [2.75, 3.05) is 152 Å². The van der Waals surface area contributed by atoms with E-state index in [1.807, 2.05) is 48.5 Å². The quantitative estimate of drug-likeness (QED) is 0.0135. The van der Waals surface area contributed by atoms with Gasteiger partial charge < -0.3 is 98.3 Å². The van der Waals surface area contributed by atoms with E-state index in [0.717, 1.165) is 24.2 Å². The summed E-state index contributed by atoms with van der Waals surface area (Å²) in [6.07, 6.45) is 2.70. The van der Waals surface area contributed by atoms with Crippen LogP contribution < -0.4 is 26.6 Å². The van der Waals surface area contributed by atoms with Gasteiger partial charge in [0.1, 0.15) is 48.8 Å². The van der Waals surface area contributed by atoms with Gasteiger partial charge in [-0.05, 0) is 121 Å². The average molecular weight is 1880 g/mol. The minimum atomic E-state index is -1.39. The largest absolute Gasteiger partial charge is 0.456 e. The van der Waals surface area contributed by atoms with Crippen molar-refractivity contribution in [1.82, 2.24) is 45.8 Å². The zero-order valence-corrected chi connectivity index (χ0v) is 82.4. The Labute approximate surface area is 786 Å². The van der Waals surface area contributed by atoms with Gasteiger partial charge in [-0.1, -0.05) is 130 Å². The number of likely N-dealkylation sites (N-methyl/N-ethyl adjacent to an activating group) is 4. The normalized spacial score (nSPS) is 20.7. The van der Waals surface area contributed by atoms with E-state index < -0.39 is 132 Å². The van der Waals surface area contributed by atoms with Crippen molar-refractivity contribution in [2.24, 2.45) is 35.5 Å². The van der Waals surface area contributed by atoms with Crippen LogP contribution in [0.1, 0.15) is 199 Å². The zero-order valence-electron chi connectivity index (χ0n) is 82.4. The number of hydrogen-bond donors (Lipinski definition) is 5. The molecule has 4 rings (SSSR count). The minimum Gasteiger partial charge on any atom is -0.456 e. The molecule has 2 unspecified atom stereocenters. The van der Waals surface area contributed by atoms with Crippen LogP contribution in [0.4, 0.5) is 15.3 Å². The smallest absolute Gasteiger partial charge is 0.409 e. The van der Waals surface area contributed by atoms with Crippen LogP contribution in [0.15, 0.2) is 77.9 Å². The Hall–Kier alpha value is -10.1. The molecule has 0 aromatic heterocycles. The maximum absolute atomic E-state index is 14.4. The lowest BCUT2D eigenvalue weighted by molar-refractivity contribution is -0.155. The van der Waals surface area contributed by atoms with E-state index in [2.05, 4.69) is 26.6 Å². The molecule has 2 heterocycles. The third-order valence-corrected chi connectivity index (χ3v) is 22.6. The highest BCUT2D eigenvalue weighted by atomic mass is 16.6. The number of likely N-dealkylation sites (tertiary alicyclic amines) is 1. The van der Waals surface area contributed by atoms with Gasteiger partial charge in [-0.2, -0.15) is 0 Å². The number of nitrogens with zero attached hydrogens (tertiary/aromatic N) is 5. The molecular formula is C97H154N10O26. The first-order chi connectivity index (χ1) is 63.2. The van der Waals surface area contributed by atoms with E-state index in [-0.39, 0.29) is 111 Å². The van der Waals surface area contributed by atoms with E-state index in [0.29, 0.717) is 147 Å². The van der Waals surface area contributed by atoms with Gasteiger partial charge in [0.05, 0.1) is 85.3 Å². The molecule has 11 amide bonds. The van der Waals surface area contributed by atoms with E-state index in [1.165, 1.54) is 74.6 Å². The first kappa shape index (κ1) is 117. The molecule has 0 radical (unpaired) electrons. The number of benzene rings is 2. The number of nitrogens with one attached hydrogen (secondary N) is 5. The fourth-order valence-electron chi connectivity index (χ4n) is 13.9. The summed E-state index contributed by atoms with van der Waals surface area (Å²) in [5.41, 5.74) is 2.26. The number of cyclic esters (lactones) is 2. The van der Waals surface area contributed by atoms with Crippen LogP contribution in [0.25, 0.3) is 0 Å². The Bertz CT molecular complexity index is 4020. The van der Waals surface area contributed by atoms with Gasteiger partial charge in [0.25, 0.3) is 5.91 Å². The van der Waals surface area contributed by atoms with E-state index in [1.54, 1.807) is 102 Å². The Balaban J connectivity index is 0.00000115. The molecule has 36 nitrogen and oxygen atoms in total. The van der Waals surface area contributed by atoms with Crippen LogP contribution in [0.5, 0.6) is 0 Å². The third-order valence-electron chi connectivity index (χ3n) is 22.6. The number of Topliss-reactive ketones (excluding diaryl/α,β-unsaturated/α-hetero) is 2. The molecule has 0 spiro atoms. The molecule has 2 aliphatic rings. The summed E-state index contributed by atoms with van der Waals surface area (Å²) in [7, 11) is 5.72. The molecule has 133 heavy (non-hydrogen) atoms. The van der Waals surface area contributed by atoms with Gasteiger partial charge in [0.2, 0.25) is 47.3 Å². The molecule has 2 aromatic rings. The molecule has 2 aliphatic heterocycles. The van der Waals surface area contributed by atoms with Crippen molar-refractivity contribution in [2.45, 2.75) is 249 Å². The zero-order chi connectivity index (χ0) is 99.2. The molecule has 36 heteroatoms. The van der Waals surface area contributed by atoms with Gasteiger partial charge in [0.15, 0.2) is 11.9 Å². The topological polar surface area (TPSA) is 434 Å². The molecule has 1 fully saturated rings. The number of amides is 11. The number of ether oxygens (including phenoxy) is 11. The SMILES string of the molecule is C/C=C(\C)[C@H]1OC(=O)[C@@H](C)NC(=O)[C@H](C(C)CC)NC(=O)CN(C)C(=O)[C@@H](Cc2ccccc2)N(C)C(=O)[C@H](C)NC(=O)[C@@H](CC(C)C)OC(=O)/C(C)=C/C[C@H](OC(=O)N(C)CCN(C)C(=O)OCc2ccc(NC(=O)[C@@H](C)CC(=O)[C@H](NC(=O)CCOCCOCC)C(C)C)cc2)[C@@H]1C.CCOCCOCCOCCOCCOCCCC(=O)CCCCCN1C(=O)CC(C)C1=O. The molecule has 748 valence electrons. The molecule has 2 aromatic carbocycles. The lowest BCUT2D eigenvalue weighted by Gasteiger charge is -2.33. The number of anilines is 1. The minimum absolute atomic E-state index is 0.0148. The lowest BCUT2D eigenvalue weighted by Crippen LogP contribution is -2.57. The molecule has 1 saturated heterocycles. The maximum Gasteiger partial charge on any atom is 0.409 e. The van der Waals surface area contributed by atoms with Gasteiger partial charge in [-0.15, -0.1) is 0 Å². The molecule has 0 saturated carbocycles. The van der Waals surface area contributed by atoms with Crippen molar-refractivity contribution in [3.8, 4) is 0 Å². The predicted octanol–water partition coefficient (Wildman–Crippen LogP) is 9.09. The fourth-order valence-corrected chi connectivity index (χ4v) is 13.9. The second kappa shape index (κ2) is 64.7. The van der Waals surface area contributed by atoms with Crippen molar-refractivity contribution in [1.29, 1.82) is 0 Å². The summed E-state index contributed by atoms with van der Waals surface area (Å²) in [5.74, 6) is -8.84. The predicted molar refractivity (Wildman–Crippen MR) is 498 cm³/mol. The number of unbranched alkanes of at least 4 members (excludes halogenated alkanes) is 2. The first-order valence-electron chi connectivity index (χ1n) is 46.8. The van der Waals surface area contributed by atoms with Crippen LogP contribution in [0.2, 0.25) is 0 Å². The Morgan fingerprint density at radius 2 is 1.19 bits per heavy atom. The Kier molecular flexibility index (Phi) is 57.0. The Morgan fingerprint density at radius 1 is 0.624 bits per heavy atom. The fraction of sp³-hybridized carbons (Fsp3) is 0.680. The van der Waals surface area contributed by atoms with E-state index >= 15 is 0 Å². The maximum atomic E-state index is 14.4. The van der Waals surface area contributed by atoms with Crippen molar-refractivity contribution in [3.05, 3.63) is 89.0 Å². The molecular weight excluding hydrogens is 1720 g/mol. The van der Waals surface area contributed by atoms with Crippen LogP contribution >= 0.6 is 0 Å². The van der Waals surface area contributed by atoms with Crippen molar-refractivity contribution in [3.63, 3.8) is 0 Å². The molecule has 0 bridgehead atoms. The van der Waals surface area contributed by atoms with Crippen LogP contribution in [0.3, 0.4) is 0 Å². The van der Waals surface area contributed by atoms with E-state index in [4.69, 9.17) is 52.1 Å². The number of esters is 2. The number of imide groups is 1. The molecule has 5 N–H and O–H groups in total. The second-order valence-electron chi connectivity index (χ2n) is 34.7. The van der Waals surface area contributed by atoms with Gasteiger partial charge >= 0.3 is 24.1 Å². The van der Waals surface area contributed by atoms with E-state index in [9.17, 15) is 71.9 Å². The summed E-state index contributed by atoms with van der Waals surface area (Å²) in [5, 5.41) is 13.7. The first-order valence-corrected chi connectivity index (χ1v) is 46.8. The summed E-state index contributed by atoms with van der Waals surface area (Å²) in [6.45, 7) is 34.2. The molecule has 0 aliphatic carbocycles. The average Bonchev–Trinajstić information content (AvgIpc) is 1.79. The van der Waals surface area contributed by atoms with Crippen molar-refractivity contribution >= 4 is 94.5 Å². The van der Waals surface area contributed by atoms with Crippen LogP contribution in [-0.4, -0.2) is 309 Å². The number of ketones is 2. The highest BCUT2D eigenvalue weighted by Gasteiger charge is 2.40. The van der Waals surface area contributed by atoms with Gasteiger partial charge in [0, 0.05) is 142 Å². The number of carbonyl (C=O) groups excluding carboxylic acids is 15. The number of allylic oxidation sites excluding steroid dienone is 1. The number of carbonyl (C=O) groups is 15. The van der Waals surface area contributed by atoms with Crippen LogP contribution in [0, 0.1) is 35.5 Å². The monoisotopic (exact) mass is 1880 g/mol. The standard InChI is InChI=1S/C73H111N9O18.C24H43NO8/c1-19-46(8)63-67(88)75-52(14)71(92)100-64(47(9)20-2)50(12)58(32-27-48(10)70(91)98-59(39-44(4)5)66(87)74-51(13)68(89)82(18)56(41-53-25-23-22-24-26-53)69(90)81(17)42-61(85)78-63)99-73(94)80(16)35-34-79(15)72(93)97-43-54-28-30-55(31-29-54)76-65(86)49(11)40-57(83)62(45(6)7)77-60(84)33-36-96-38-37-95-21-3;1-3-29-12-13-31-16-17-33-19-18-32-15-14-30-11-7-9-22(26)8-5-4-6-10-25-23(27)20-21(2)24(25)28/h20,22-31,44-46,49-52,56,58-59,62-64H,19,21,32-43H2,1-18H3,(H,74,87)(H,75,88)(H,76,86)(H,77,84)(H,78,85);21H,3-20H2,1-2H3/b47-20+,48-27+;/t46?,49-,50-,51-,52+,56+,58-,59+,62+,63-,64+;/m0./s1. The lowest BCUT2D eigenvalue weighted by atomic mass is 9.90. The van der Waals surface area contributed by atoms with Gasteiger partial charge in [-0.25, -0.2) is 19.2 Å². The summed E-state index contributed by atoms with van der Waals surface area (Å²) in [6, 6.07) is 9.78. The second-order valence-corrected chi connectivity index (χ2v) is 34.7. The van der Waals surface area contributed by atoms with Crippen LogP contribution in [-0.2, 0) is 127 Å². The highest BCUT2D eigenvalue weighted by molar-refractivity contribution is 6.03. The van der Waals surface area contributed by atoms with Gasteiger partial charge in [-0.3, -0.25) is 57.6 Å². The third kappa shape index (κ3) is 45.2. The summed E-state index contributed by atoms with van der Waals surface area (Å²) < 4.78 is 61.2. The summed E-state index contributed by atoms with van der Waals surface area (Å²) in [4.78, 5) is 207. The summed E-state index contributed by atoms with van der Waals surface area (Å²) >= 11 is 0.